The molecule has 1 saturated heterocycles. The standard InChI is InChI=1S/C12H14N2O5S/c15-11(10-4-3-8(6-13-10)12(16)17)14-7-9-2-1-5-20(9,18)19/h3-4,6,9H,1-2,5,7H2,(H,14,15)(H,16,17). The molecule has 108 valence electrons. The molecule has 2 rings (SSSR count). The minimum absolute atomic E-state index is 0.0140. The van der Waals surface area contributed by atoms with E-state index < -0.39 is 27.0 Å². The number of hydrogen-bond acceptors (Lipinski definition) is 5. The summed E-state index contributed by atoms with van der Waals surface area (Å²) < 4.78 is 23.2. The zero-order chi connectivity index (χ0) is 14.8. The molecule has 1 aliphatic heterocycles. The monoisotopic (exact) mass is 298 g/mol. The van der Waals surface area contributed by atoms with Crippen molar-refractivity contribution in [2.75, 3.05) is 12.3 Å². The lowest BCUT2D eigenvalue weighted by Gasteiger charge is -2.10. The van der Waals surface area contributed by atoms with E-state index >= 15 is 0 Å². The lowest BCUT2D eigenvalue weighted by molar-refractivity contribution is 0.0695. The Bertz CT molecular complexity index is 624. The van der Waals surface area contributed by atoms with Crippen molar-refractivity contribution in [3.05, 3.63) is 29.6 Å². The first-order valence-corrected chi connectivity index (χ1v) is 7.81. The van der Waals surface area contributed by atoms with Gasteiger partial charge in [0.05, 0.1) is 16.6 Å². The largest absolute Gasteiger partial charge is 0.478 e. The molecule has 8 heteroatoms. The van der Waals surface area contributed by atoms with Crippen molar-refractivity contribution >= 4 is 21.7 Å². The molecule has 7 nitrogen and oxygen atoms in total. The van der Waals surface area contributed by atoms with E-state index in [4.69, 9.17) is 5.11 Å². The second-order valence-corrected chi connectivity index (χ2v) is 6.98. The first kappa shape index (κ1) is 14.4. The molecule has 0 aromatic carbocycles. The summed E-state index contributed by atoms with van der Waals surface area (Å²) in [6.07, 6.45) is 2.26. The fourth-order valence-electron chi connectivity index (χ4n) is 2.04. The number of aromatic carboxylic acids is 1. The zero-order valence-electron chi connectivity index (χ0n) is 10.6. The molecular formula is C12H14N2O5S. The first-order valence-electron chi connectivity index (χ1n) is 6.09. The van der Waals surface area contributed by atoms with Gasteiger partial charge in [-0.2, -0.15) is 0 Å². The number of sulfone groups is 1. The fourth-order valence-corrected chi connectivity index (χ4v) is 3.80. The van der Waals surface area contributed by atoms with Crippen LogP contribution in [-0.4, -0.2) is 47.9 Å². The van der Waals surface area contributed by atoms with E-state index in [1.165, 1.54) is 12.1 Å². The Morgan fingerprint density at radius 1 is 1.40 bits per heavy atom. The number of nitrogens with zero attached hydrogens (tertiary/aromatic N) is 1. The molecule has 0 radical (unpaired) electrons. The predicted octanol–water partition coefficient (Wildman–Crippen LogP) is 0.0868. The second kappa shape index (κ2) is 5.58. The first-order chi connectivity index (χ1) is 9.40. The number of nitrogens with one attached hydrogen (secondary N) is 1. The van der Waals surface area contributed by atoms with Gasteiger partial charge < -0.3 is 10.4 Å². The highest BCUT2D eigenvalue weighted by molar-refractivity contribution is 7.92. The van der Waals surface area contributed by atoms with Crippen LogP contribution in [-0.2, 0) is 9.84 Å². The number of carbonyl (C=O) groups is 2. The van der Waals surface area contributed by atoms with Crippen LogP contribution in [0, 0.1) is 0 Å². The molecule has 0 saturated carbocycles. The van der Waals surface area contributed by atoms with Crippen molar-refractivity contribution in [3.8, 4) is 0 Å². The summed E-state index contributed by atoms with van der Waals surface area (Å²) in [5.74, 6) is -1.47. The second-order valence-electron chi connectivity index (χ2n) is 4.58. The summed E-state index contributed by atoms with van der Waals surface area (Å²) in [6, 6.07) is 2.57. The maximum atomic E-state index is 11.8. The molecule has 1 atom stereocenters. The maximum Gasteiger partial charge on any atom is 0.337 e. The van der Waals surface area contributed by atoms with Crippen molar-refractivity contribution in [1.82, 2.24) is 10.3 Å². The average Bonchev–Trinajstić information content (AvgIpc) is 2.75. The van der Waals surface area contributed by atoms with Crippen LogP contribution >= 0.6 is 0 Å². The van der Waals surface area contributed by atoms with Gasteiger partial charge in [-0.1, -0.05) is 0 Å². The van der Waals surface area contributed by atoms with Crippen LogP contribution in [0.2, 0.25) is 0 Å². The third-order valence-corrected chi connectivity index (χ3v) is 5.47. The molecule has 1 unspecified atom stereocenters. The maximum absolute atomic E-state index is 11.8. The van der Waals surface area contributed by atoms with Crippen LogP contribution in [0.1, 0.15) is 33.7 Å². The van der Waals surface area contributed by atoms with E-state index in [1.807, 2.05) is 0 Å². The van der Waals surface area contributed by atoms with Crippen LogP contribution < -0.4 is 5.32 Å². The van der Waals surface area contributed by atoms with Gasteiger partial charge in [0.1, 0.15) is 5.69 Å². The molecule has 2 N–H and O–H groups in total. The van der Waals surface area contributed by atoms with E-state index in [1.54, 1.807) is 0 Å². The Morgan fingerprint density at radius 2 is 2.15 bits per heavy atom. The average molecular weight is 298 g/mol. The topological polar surface area (TPSA) is 113 Å². The number of carboxylic acids is 1. The Hall–Kier alpha value is -1.96. The van der Waals surface area contributed by atoms with Gasteiger partial charge in [0.2, 0.25) is 0 Å². The van der Waals surface area contributed by atoms with Crippen LogP contribution in [0.15, 0.2) is 18.3 Å². The Morgan fingerprint density at radius 3 is 2.65 bits per heavy atom. The molecule has 0 bridgehead atoms. The van der Waals surface area contributed by atoms with Gasteiger partial charge in [0.15, 0.2) is 9.84 Å². The third kappa shape index (κ3) is 3.13. The molecule has 1 aromatic heterocycles. The zero-order valence-corrected chi connectivity index (χ0v) is 11.4. The Kier molecular flexibility index (Phi) is 4.03. The summed E-state index contributed by atoms with van der Waals surface area (Å²) in [7, 11) is -3.10. The minimum atomic E-state index is -3.10. The molecule has 1 aliphatic rings. The smallest absolute Gasteiger partial charge is 0.337 e. The highest BCUT2D eigenvalue weighted by Crippen LogP contribution is 2.19. The lowest BCUT2D eigenvalue weighted by Crippen LogP contribution is -2.35. The van der Waals surface area contributed by atoms with Crippen LogP contribution in [0.25, 0.3) is 0 Å². The molecule has 2 heterocycles. The molecular weight excluding hydrogens is 284 g/mol. The highest BCUT2D eigenvalue weighted by atomic mass is 32.2. The van der Waals surface area contributed by atoms with Crippen LogP contribution in [0.3, 0.4) is 0 Å². The molecule has 0 spiro atoms. The molecule has 20 heavy (non-hydrogen) atoms. The summed E-state index contributed by atoms with van der Waals surface area (Å²) in [5, 5.41) is 10.7. The molecule has 1 aromatic rings. The molecule has 0 aliphatic carbocycles. The van der Waals surface area contributed by atoms with Crippen molar-refractivity contribution in [3.63, 3.8) is 0 Å². The fraction of sp³-hybridized carbons (Fsp3) is 0.417. The van der Waals surface area contributed by atoms with E-state index in [9.17, 15) is 18.0 Å². The van der Waals surface area contributed by atoms with Gasteiger partial charge in [-0.05, 0) is 25.0 Å². The van der Waals surface area contributed by atoms with Crippen molar-refractivity contribution in [1.29, 1.82) is 0 Å². The number of carbonyl (C=O) groups excluding carboxylic acids is 1. The van der Waals surface area contributed by atoms with Crippen LogP contribution in [0.5, 0.6) is 0 Å². The van der Waals surface area contributed by atoms with Crippen molar-refractivity contribution in [2.24, 2.45) is 0 Å². The number of hydrogen-bond donors (Lipinski definition) is 2. The molecule has 1 amide bonds. The van der Waals surface area contributed by atoms with E-state index in [0.717, 1.165) is 6.20 Å². The summed E-state index contributed by atoms with van der Waals surface area (Å²) in [5.41, 5.74) is 0.0466. The predicted molar refractivity (Wildman–Crippen MR) is 70.3 cm³/mol. The van der Waals surface area contributed by atoms with E-state index in [0.29, 0.717) is 12.8 Å². The third-order valence-electron chi connectivity index (χ3n) is 3.20. The molecule has 1 fully saturated rings. The SMILES string of the molecule is O=C(O)c1ccc(C(=O)NCC2CCCS2(=O)=O)nc1. The number of rotatable bonds is 4. The van der Waals surface area contributed by atoms with Gasteiger partial charge in [-0.15, -0.1) is 0 Å². The number of amides is 1. The Labute approximate surface area is 115 Å². The number of carboxylic acid groups (broad SMARTS) is 1. The minimum Gasteiger partial charge on any atom is -0.478 e. The van der Waals surface area contributed by atoms with Gasteiger partial charge >= 0.3 is 5.97 Å². The number of aromatic nitrogens is 1. The number of pyridine rings is 1. The van der Waals surface area contributed by atoms with Gasteiger partial charge in [0.25, 0.3) is 5.91 Å². The van der Waals surface area contributed by atoms with Crippen molar-refractivity contribution < 1.29 is 23.1 Å². The van der Waals surface area contributed by atoms with E-state index in [-0.39, 0.29) is 23.6 Å². The van der Waals surface area contributed by atoms with Gasteiger partial charge in [-0.25, -0.2) is 13.2 Å². The highest BCUT2D eigenvalue weighted by Gasteiger charge is 2.31. The van der Waals surface area contributed by atoms with Gasteiger partial charge in [-0.3, -0.25) is 9.78 Å². The quantitative estimate of drug-likeness (QED) is 0.814. The van der Waals surface area contributed by atoms with Crippen molar-refractivity contribution in [2.45, 2.75) is 18.1 Å². The lowest BCUT2D eigenvalue weighted by atomic mass is 10.2. The van der Waals surface area contributed by atoms with Gasteiger partial charge in [0, 0.05) is 12.7 Å². The summed E-state index contributed by atoms with van der Waals surface area (Å²) in [4.78, 5) is 26.2. The summed E-state index contributed by atoms with van der Waals surface area (Å²) in [6.45, 7) is 0.0591. The summed E-state index contributed by atoms with van der Waals surface area (Å²) >= 11 is 0. The van der Waals surface area contributed by atoms with Crippen LogP contribution in [0.4, 0.5) is 0 Å². The van der Waals surface area contributed by atoms with E-state index in [2.05, 4.69) is 10.3 Å². The normalized spacial score (nSPS) is 20.5. The Balaban J connectivity index is 1.97.